The van der Waals surface area contributed by atoms with Crippen LogP contribution in [-0.2, 0) is 12.4 Å². The maximum absolute atomic E-state index is 13.0. The van der Waals surface area contributed by atoms with Crippen molar-refractivity contribution in [2.45, 2.75) is 12.4 Å². The van der Waals surface area contributed by atoms with Crippen LogP contribution in [0, 0.1) is 3.57 Å². The highest BCUT2D eigenvalue weighted by Gasteiger charge is 2.34. The van der Waals surface area contributed by atoms with Crippen LogP contribution in [0.4, 0.5) is 26.3 Å². The Kier molecular flexibility index (Phi) is 4.23. The summed E-state index contributed by atoms with van der Waals surface area (Å²) >= 11 is 1.75. The molecule has 0 aliphatic rings. The van der Waals surface area contributed by atoms with Crippen LogP contribution in [0.25, 0.3) is 11.1 Å². The van der Waals surface area contributed by atoms with Gasteiger partial charge in [-0.3, -0.25) is 0 Å². The molecule has 0 N–H and O–H groups in total. The number of benzene rings is 2. The van der Waals surface area contributed by atoms with E-state index in [9.17, 15) is 26.3 Å². The van der Waals surface area contributed by atoms with E-state index in [0.29, 0.717) is 3.57 Å². The van der Waals surface area contributed by atoms with Gasteiger partial charge in [-0.2, -0.15) is 26.3 Å². The van der Waals surface area contributed by atoms with Crippen molar-refractivity contribution in [2.75, 3.05) is 0 Å². The molecule has 0 nitrogen and oxygen atoms in total. The molecule has 7 heteroatoms. The second kappa shape index (κ2) is 5.51. The fraction of sp³-hybridized carbons (Fsp3) is 0.143. The highest BCUT2D eigenvalue weighted by molar-refractivity contribution is 14.1. The third-order valence-corrected chi connectivity index (χ3v) is 3.48. The lowest BCUT2D eigenvalue weighted by atomic mass is 9.98. The van der Waals surface area contributed by atoms with Crippen LogP contribution in [0.1, 0.15) is 11.1 Å². The van der Waals surface area contributed by atoms with Crippen molar-refractivity contribution < 1.29 is 26.3 Å². The first kappa shape index (κ1) is 16.1. The Morgan fingerprint density at radius 3 is 1.76 bits per heavy atom. The zero-order valence-corrected chi connectivity index (χ0v) is 12.3. The molecule has 2 rings (SSSR count). The lowest BCUT2D eigenvalue weighted by Gasteiger charge is -2.14. The molecule has 112 valence electrons. The average molecular weight is 416 g/mol. The summed E-state index contributed by atoms with van der Waals surface area (Å²) in [6, 6.07) is 7.32. The third kappa shape index (κ3) is 3.69. The smallest absolute Gasteiger partial charge is 0.166 e. The molecule has 0 radical (unpaired) electrons. The van der Waals surface area contributed by atoms with Gasteiger partial charge < -0.3 is 0 Å². The molecule has 0 aliphatic heterocycles. The molecule has 0 atom stereocenters. The fourth-order valence-corrected chi connectivity index (χ4v) is 2.33. The van der Waals surface area contributed by atoms with E-state index in [4.69, 9.17) is 0 Å². The maximum Gasteiger partial charge on any atom is 0.417 e. The van der Waals surface area contributed by atoms with E-state index in [1.54, 1.807) is 22.6 Å². The first-order chi connectivity index (χ1) is 9.59. The molecule has 0 saturated heterocycles. The van der Waals surface area contributed by atoms with Crippen LogP contribution in [0.5, 0.6) is 0 Å². The van der Waals surface area contributed by atoms with Crippen molar-refractivity contribution in [1.29, 1.82) is 0 Å². The predicted octanol–water partition coefficient (Wildman–Crippen LogP) is 6.00. The fourth-order valence-electron chi connectivity index (χ4n) is 1.84. The van der Waals surface area contributed by atoms with Gasteiger partial charge in [-0.15, -0.1) is 0 Å². The Balaban J connectivity index is 2.52. The Bertz CT molecular complexity index is 640. The van der Waals surface area contributed by atoms with Crippen molar-refractivity contribution in [3.05, 3.63) is 57.2 Å². The van der Waals surface area contributed by atoms with E-state index >= 15 is 0 Å². The van der Waals surface area contributed by atoms with Crippen molar-refractivity contribution in [3.8, 4) is 11.1 Å². The minimum absolute atomic E-state index is 0.0896. The molecule has 0 spiro atoms. The molecule has 0 unspecified atom stereocenters. The van der Waals surface area contributed by atoms with Gasteiger partial charge in [0, 0.05) is 3.57 Å². The summed E-state index contributed by atoms with van der Waals surface area (Å²) < 4.78 is 76.8. The quantitative estimate of drug-likeness (QED) is 0.396. The largest absolute Gasteiger partial charge is 0.417 e. The van der Waals surface area contributed by atoms with E-state index in [-0.39, 0.29) is 11.1 Å². The van der Waals surface area contributed by atoms with E-state index in [1.807, 2.05) is 0 Å². The average Bonchev–Trinajstić information content (AvgIpc) is 2.37. The van der Waals surface area contributed by atoms with Crippen LogP contribution < -0.4 is 0 Å². The highest BCUT2D eigenvalue weighted by Crippen LogP contribution is 2.38. The summed E-state index contributed by atoms with van der Waals surface area (Å²) in [7, 11) is 0. The topological polar surface area (TPSA) is 0 Å². The van der Waals surface area contributed by atoms with Gasteiger partial charge in [0.05, 0.1) is 11.1 Å². The molecular formula is C14H7F6I. The molecule has 0 aliphatic carbocycles. The molecule has 0 amide bonds. The maximum atomic E-state index is 13.0. The summed E-state index contributed by atoms with van der Waals surface area (Å²) in [6.07, 6.45) is -9.09. The van der Waals surface area contributed by atoms with Crippen molar-refractivity contribution in [1.82, 2.24) is 0 Å². The molecule has 0 fully saturated rings. The molecule has 0 bridgehead atoms. The van der Waals surface area contributed by atoms with E-state index in [0.717, 1.165) is 30.3 Å². The number of halogens is 7. The third-order valence-electron chi connectivity index (χ3n) is 2.81. The van der Waals surface area contributed by atoms with Gasteiger partial charge in [-0.05, 0) is 58.0 Å². The zero-order chi connectivity index (χ0) is 15.8. The SMILES string of the molecule is FC(F)(F)c1ccc(-c2ccc(I)cc2C(F)(F)F)cc1. The second-order valence-corrected chi connectivity index (χ2v) is 5.51. The van der Waals surface area contributed by atoms with Gasteiger partial charge in [-0.1, -0.05) is 18.2 Å². The van der Waals surface area contributed by atoms with Gasteiger partial charge in [0.1, 0.15) is 0 Å². The summed E-state index contributed by atoms with van der Waals surface area (Å²) in [4.78, 5) is 0. The van der Waals surface area contributed by atoms with Gasteiger partial charge in [0.15, 0.2) is 0 Å². The van der Waals surface area contributed by atoms with Crippen LogP contribution in [0.3, 0.4) is 0 Å². The Morgan fingerprint density at radius 1 is 0.714 bits per heavy atom. The van der Waals surface area contributed by atoms with Gasteiger partial charge in [0.2, 0.25) is 0 Å². The minimum Gasteiger partial charge on any atom is -0.166 e. The number of hydrogen-bond acceptors (Lipinski definition) is 0. The Hall–Kier alpha value is -1.25. The van der Waals surface area contributed by atoms with E-state index < -0.39 is 23.5 Å². The van der Waals surface area contributed by atoms with Crippen molar-refractivity contribution in [3.63, 3.8) is 0 Å². The van der Waals surface area contributed by atoms with Gasteiger partial charge in [0.25, 0.3) is 0 Å². The highest BCUT2D eigenvalue weighted by atomic mass is 127. The zero-order valence-electron chi connectivity index (χ0n) is 10.2. The van der Waals surface area contributed by atoms with E-state index in [2.05, 4.69) is 0 Å². The Labute approximate surface area is 129 Å². The molecule has 2 aromatic rings. The van der Waals surface area contributed by atoms with Crippen molar-refractivity contribution >= 4 is 22.6 Å². The van der Waals surface area contributed by atoms with E-state index in [1.165, 1.54) is 12.1 Å². The molecule has 0 heterocycles. The summed E-state index contributed by atoms with van der Waals surface area (Å²) in [5, 5.41) is 0. The summed E-state index contributed by atoms with van der Waals surface area (Å²) in [5.74, 6) is 0. The first-order valence-electron chi connectivity index (χ1n) is 5.63. The van der Waals surface area contributed by atoms with Crippen molar-refractivity contribution in [2.24, 2.45) is 0 Å². The van der Waals surface area contributed by atoms with Gasteiger partial charge >= 0.3 is 12.4 Å². The number of hydrogen-bond donors (Lipinski definition) is 0. The minimum atomic E-state index is -4.57. The van der Waals surface area contributed by atoms with Crippen LogP contribution in [-0.4, -0.2) is 0 Å². The first-order valence-corrected chi connectivity index (χ1v) is 6.71. The summed E-state index contributed by atoms with van der Waals surface area (Å²) in [6.45, 7) is 0. The lowest BCUT2D eigenvalue weighted by Crippen LogP contribution is -2.08. The molecule has 21 heavy (non-hydrogen) atoms. The lowest BCUT2D eigenvalue weighted by molar-refractivity contribution is -0.138. The number of alkyl halides is 6. The standard InChI is InChI=1S/C14H7F6I/c15-13(16,17)9-3-1-8(2-4-9)11-6-5-10(21)7-12(11)14(18,19)20/h1-7H. The molecule has 0 saturated carbocycles. The summed E-state index contributed by atoms with van der Waals surface area (Å²) in [5.41, 5.74) is -1.82. The van der Waals surface area contributed by atoms with Gasteiger partial charge in [-0.25, -0.2) is 0 Å². The van der Waals surface area contributed by atoms with Crippen LogP contribution >= 0.6 is 22.6 Å². The normalized spacial score (nSPS) is 12.5. The monoisotopic (exact) mass is 416 g/mol. The van der Waals surface area contributed by atoms with Crippen LogP contribution in [0.15, 0.2) is 42.5 Å². The molecule has 2 aromatic carbocycles. The molecular weight excluding hydrogens is 409 g/mol. The predicted molar refractivity (Wildman–Crippen MR) is 74.6 cm³/mol. The van der Waals surface area contributed by atoms with Crippen LogP contribution in [0.2, 0.25) is 0 Å². The second-order valence-electron chi connectivity index (χ2n) is 4.26. The number of rotatable bonds is 1. The molecule has 0 aromatic heterocycles. The Morgan fingerprint density at radius 2 is 1.29 bits per heavy atom.